The maximum atomic E-state index is 13.0. The van der Waals surface area contributed by atoms with E-state index in [1.807, 2.05) is 48.5 Å². The number of rotatable bonds is 6. The fraction of sp³-hybridized carbons (Fsp3) is 0.269. The summed E-state index contributed by atoms with van der Waals surface area (Å²) in [5.41, 5.74) is 4.79. The Balaban J connectivity index is 1.44. The molecule has 0 spiro atoms. The van der Waals surface area contributed by atoms with E-state index in [1.165, 1.54) is 5.56 Å². The van der Waals surface area contributed by atoms with Crippen LogP contribution in [0.4, 0.5) is 11.4 Å². The molecule has 1 fully saturated rings. The van der Waals surface area contributed by atoms with Gasteiger partial charge in [-0.05, 0) is 49.9 Å². The summed E-state index contributed by atoms with van der Waals surface area (Å²) in [6, 6.07) is 23.6. The third-order valence-electron chi connectivity index (χ3n) is 5.58. The smallest absolute Gasteiger partial charge is 0.255 e. The van der Waals surface area contributed by atoms with Gasteiger partial charge in [0, 0.05) is 31.7 Å². The Hall–Kier alpha value is -3.31. The summed E-state index contributed by atoms with van der Waals surface area (Å²) in [5.74, 6) is 0.545. The molecule has 1 N–H and O–H groups in total. The van der Waals surface area contributed by atoms with E-state index < -0.39 is 0 Å². The normalized spacial score (nSPS) is 14.3. The van der Waals surface area contributed by atoms with Gasteiger partial charge in [-0.25, -0.2) is 0 Å². The molecule has 0 atom stereocenters. The number of nitrogens with zero attached hydrogens (tertiary/aromatic N) is 2. The van der Waals surface area contributed by atoms with Gasteiger partial charge in [0.15, 0.2) is 0 Å². The van der Waals surface area contributed by atoms with Crippen LogP contribution in [0.1, 0.15) is 21.5 Å². The van der Waals surface area contributed by atoms with Crippen molar-refractivity contribution in [2.24, 2.45) is 0 Å². The topological polar surface area (TPSA) is 44.8 Å². The average Bonchev–Trinajstić information content (AvgIpc) is 2.79. The van der Waals surface area contributed by atoms with Crippen LogP contribution in [0.2, 0.25) is 0 Å². The van der Waals surface area contributed by atoms with Crippen LogP contribution in [0.3, 0.4) is 0 Å². The molecular formula is C26H29N3O2. The summed E-state index contributed by atoms with van der Waals surface area (Å²) in [7, 11) is 2.14. The zero-order chi connectivity index (χ0) is 21.6. The fourth-order valence-corrected chi connectivity index (χ4v) is 3.79. The molecule has 0 radical (unpaired) electrons. The quantitative estimate of drug-likeness (QED) is 0.640. The number of aryl methyl sites for hydroxylation is 1. The molecule has 5 nitrogen and oxygen atoms in total. The Labute approximate surface area is 184 Å². The van der Waals surface area contributed by atoms with Crippen molar-refractivity contribution in [1.29, 1.82) is 0 Å². The van der Waals surface area contributed by atoms with Gasteiger partial charge in [0.1, 0.15) is 12.4 Å². The number of carbonyl (C=O) groups excluding carboxylic acids is 1. The molecule has 1 heterocycles. The van der Waals surface area contributed by atoms with E-state index in [9.17, 15) is 4.79 Å². The van der Waals surface area contributed by atoms with Crippen molar-refractivity contribution in [2.45, 2.75) is 13.5 Å². The predicted molar refractivity (Wildman–Crippen MR) is 126 cm³/mol. The number of piperazine rings is 1. The third kappa shape index (κ3) is 5.44. The number of ether oxygens (including phenoxy) is 1. The Kier molecular flexibility index (Phi) is 6.53. The monoisotopic (exact) mass is 415 g/mol. The zero-order valence-electron chi connectivity index (χ0n) is 18.2. The van der Waals surface area contributed by atoms with Crippen LogP contribution in [-0.2, 0) is 6.61 Å². The first kappa shape index (κ1) is 20.9. The number of nitrogens with one attached hydrogen (secondary N) is 1. The first-order valence-electron chi connectivity index (χ1n) is 10.7. The molecule has 4 rings (SSSR count). The van der Waals surface area contributed by atoms with E-state index in [1.54, 1.807) is 6.07 Å². The number of para-hydroxylation sites is 2. The minimum atomic E-state index is -0.136. The maximum absolute atomic E-state index is 13.0. The summed E-state index contributed by atoms with van der Waals surface area (Å²) >= 11 is 0. The zero-order valence-corrected chi connectivity index (χ0v) is 18.2. The molecule has 0 saturated carbocycles. The minimum Gasteiger partial charge on any atom is -0.489 e. The summed E-state index contributed by atoms with van der Waals surface area (Å²) in [6.45, 7) is 6.47. The van der Waals surface area contributed by atoms with Crippen LogP contribution in [0, 0.1) is 6.92 Å². The highest BCUT2D eigenvalue weighted by Crippen LogP contribution is 2.27. The second-order valence-electron chi connectivity index (χ2n) is 8.07. The average molecular weight is 416 g/mol. The number of benzene rings is 3. The van der Waals surface area contributed by atoms with Gasteiger partial charge in [0.2, 0.25) is 0 Å². The predicted octanol–water partition coefficient (Wildman–Crippen LogP) is 4.58. The lowest BCUT2D eigenvalue weighted by Crippen LogP contribution is -2.44. The number of carbonyl (C=O) groups is 1. The third-order valence-corrected chi connectivity index (χ3v) is 5.58. The van der Waals surface area contributed by atoms with Crippen LogP contribution in [0.5, 0.6) is 5.75 Å². The second kappa shape index (κ2) is 9.67. The number of hydrogen-bond donors (Lipinski definition) is 1. The number of likely N-dealkylation sites (N-methyl/N-ethyl adjacent to an activating group) is 1. The molecule has 0 unspecified atom stereocenters. The van der Waals surface area contributed by atoms with Crippen molar-refractivity contribution in [3.05, 3.63) is 89.5 Å². The number of anilines is 2. The van der Waals surface area contributed by atoms with Crippen molar-refractivity contribution in [2.75, 3.05) is 43.4 Å². The molecule has 0 aromatic heterocycles. The van der Waals surface area contributed by atoms with Crippen molar-refractivity contribution < 1.29 is 9.53 Å². The van der Waals surface area contributed by atoms with E-state index in [0.717, 1.165) is 43.1 Å². The van der Waals surface area contributed by atoms with Gasteiger partial charge in [0.25, 0.3) is 5.91 Å². The minimum absolute atomic E-state index is 0.136. The largest absolute Gasteiger partial charge is 0.489 e. The lowest BCUT2D eigenvalue weighted by atomic mass is 10.1. The van der Waals surface area contributed by atoms with E-state index in [4.69, 9.17) is 4.74 Å². The van der Waals surface area contributed by atoms with E-state index in [-0.39, 0.29) is 5.91 Å². The van der Waals surface area contributed by atoms with Gasteiger partial charge in [-0.3, -0.25) is 4.79 Å². The Morgan fingerprint density at radius 1 is 0.935 bits per heavy atom. The first-order chi connectivity index (χ1) is 15.1. The first-order valence-corrected chi connectivity index (χ1v) is 10.7. The molecular weight excluding hydrogens is 386 g/mol. The van der Waals surface area contributed by atoms with E-state index >= 15 is 0 Å². The van der Waals surface area contributed by atoms with E-state index in [0.29, 0.717) is 17.9 Å². The van der Waals surface area contributed by atoms with Gasteiger partial charge >= 0.3 is 0 Å². The molecule has 1 amide bonds. The molecule has 3 aromatic rings. The SMILES string of the molecule is Cc1cccc(COc2cccc(C(=O)Nc3ccccc3N3CCN(C)CC3)c2)c1. The molecule has 160 valence electrons. The molecule has 1 saturated heterocycles. The van der Waals surface area contributed by atoms with Gasteiger partial charge in [-0.1, -0.05) is 48.0 Å². The second-order valence-corrected chi connectivity index (χ2v) is 8.07. The van der Waals surface area contributed by atoms with Crippen molar-refractivity contribution >= 4 is 17.3 Å². The lowest BCUT2D eigenvalue weighted by Gasteiger charge is -2.35. The van der Waals surface area contributed by atoms with Crippen LogP contribution in [0.15, 0.2) is 72.8 Å². The highest BCUT2D eigenvalue weighted by molar-refractivity contribution is 6.06. The van der Waals surface area contributed by atoms with Gasteiger partial charge < -0.3 is 19.9 Å². The lowest BCUT2D eigenvalue weighted by molar-refractivity contribution is 0.102. The Morgan fingerprint density at radius 2 is 1.71 bits per heavy atom. The van der Waals surface area contributed by atoms with Gasteiger partial charge in [-0.2, -0.15) is 0 Å². The summed E-state index contributed by atoms with van der Waals surface area (Å²) in [6.07, 6.45) is 0. The van der Waals surface area contributed by atoms with Crippen molar-refractivity contribution in [3.8, 4) is 5.75 Å². The molecule has 3 aromatic carbocycles. The number of hydrogen-bond acceptors (Lipinski definition) is 4. The number of amides is 1. The molecule has 31 heavy (non-hydrogen) atoms. The fourth-order valence-electron chi connectivity index (χ4n) is 3.79. The standard InChI is InChI=1S/C26H29N3O2/c1-20-7-5-8-21(17-20)19-31-23-10-6-9-22(18-23)26(30)27-24-11-3-4-12-25(24)29-15-13-28(2)14-16-29/h3-12,17-18H,13-16,19H2,1-2H3,(H,27,30). The van der Waals surface area contributed by atoms with Gasteiger partial charge in [0.05, 0.1) is 11.4 Å². The Bertz CT molecular complexity index is 1040. The summed E-state index contributed by atoms with van der Waals surface area (Å²) in [5, 5.41) is 3.09. The molecule has 1 aliphatic rings. The molecule has 0 bridgehead atoms. The van der Waals surface area contributed by atoms with Crippen molar-refractivity contribution in [1.82, 2.24) is 4.90 Å². The Morgan fingerprint density at radius 3 is 2.52 bits per heavy atom. The highest BCUT2D eigenvalue weighted by Gasteiger charge is 2.18. The highest BCUT2D eigenvalue weighted by atomic mass is 16.5. The van der Waals surface area contributed by atoms with Gasteiger partial charge in [-0.15, -0.1) is 0 Å². The summed E-state index contributed by atoms with van der Waals surface area (Å²) < 4.78 is 5.92. The van der Waals surface area contributed by atoms with Crippen LogP contribution >= 0.6 is 0 Å². The van der Waals surface area contributed by atoms with Crippen LogP contribution in [-0.4, -0.2) is 44.0 Å². The molecule has 1 aliphatic heterocycles. The van der Waals surface area contributed by atoms with Crippen LogP contribution in [0.25, 0.3) is 0 Å². The maximum Gasteiger partial charge on any atom is 0.255 e. The van der Waals surface area contributed by atoms with E-state index in [2.05, 4.69) is 47.3 Å². The summed E-state index contributed by atoms with van der Waals surface area (Å²) in [4.78, 5) is 17.6. The van der Waals surface area contributed by atoms with Crippen LogP contribution < -0.4 is 15.0 Å². The molecule has 5 heteroatoms. The molecule has 0 aliphatic carbocycles. The van der Waals surface area contributed by atoms with Crippen molar-refractivity contribution in [3.63, 3.8) is 0 Å².